The van der Waals surface area contributed by atoms with Gasteiger partial charge in [-0.15, -0.1) is 0 Å². The second kappa shape index (κ2) is 12.2. The molecule has 0 radical (unpaired) electrons. The van der Waals surface area contributed by atoms with E-state index in [1.54, 1.807) is 12.1 Å². The van der Waals surface area contributed by atoms with Crippen LogP contribution in [-0.2, 0) is 17.8 Å². The number of hydrogen-bond donors (Lipinski definition) is 1. The van der Waals surface area contributed by atoms with Crippen molar-refractivity contribution >= 4 is 34.7 Å². The van der Waals surface area contributed by atoms with Gasteiger partial charge in [0, 0.05) is 30.6 Å². The highest BCUT2D eigenvalue weighted by atomic mass is 35.5. The molecule has 1 N–H and O–H groups in total. The molecule has 4 nitrogen and oxygen atoms in total. The van der Waals surface area contributed by atoms with Gasteiger partial charge in [0.25, 0.3) is 5.91 Å². The number of amides is 1. The predicted octanol–water partition coefficient (Wildman–Crippen LogP) is 7.81. The van der Waals surface area contributed by atoms with Crippen molar-refractivity contribution in [1.29, 1.82) is 0 Å². The Kier molecular flexibility index (Phi) is 8.44. The third-order valence-corrected chi connectivity index (χ3v) is 9.71. The van der Waals surface area contributed by atoms with Crippen LogP contribution < -0.4 is 10.1 Å². The molecule has 41 heavy (non-hydrogen) atoms. The van der Waals surface area contributed by atoms with Gasteiger partial charge >= 0.3 is 0 Å². The molecule has 1 amide bonds. The number of ether oxygens (including phenoxy) is 1. The second-order valence-corrected chi connectivity index (χ2v) is 12.7. The number of nitrogens with zero attached hydrogens (tertiary/aromatic N) is 1. The smallest absolute Gasteiger partial charge is 0.250 e. The zero-order valence-corrected chi connectivity index (χ0v) is 25.4. The summed E-state index contributed by atoms with van der Waals surface area (Å²) in [5.74, 6) is 1.60. The lowest BCUT2D eigenvalue weighted by Crippen LogP contribution is -2.36. The molecule has 1 heterocycles. The Bertz CT molecular complexity index is 1440. The summed E-state index contributed by atoms with van der Waals surface area (Å²) >= 11 is 12.4. The van der Waals surface area contributed by atoms with Crippen molar-refractivity contribution in [1.82, 2.24) is 10.2 Å². The van der Waals surface area contributed by atoms with Crippen molar-refractivity contribution in [3.8, 4) is 5.75 Å². The Labute approximate surface area is 253 Å². The Morgan fingerprint density at radius 2 is 1.71 bits per heavy atom. The van der Waals surface area contributed by atoms with Gasteiger partial charge in [0.05, 0.1) is 16.7 Å². The van der Waals surface area contributed by atoms with Gasteiger partial charge in [0.15, 0.2) is 5.75 Å². The molecule has 2 aliphatic carbocycles. The van der Waals surface area contributed by atoms with Crippen LogP contribution in [0.1, 0.15) is 53.5 Å². The number of para-hydroxylation sites is 1. The van der Waals surface area contributed by atoms with Crippen LogP contribution in [0.15, 0.2) is 66.2 Å². The first-order valence-corrected chi connectivity index (χ1v) is 15.6. The summed E-state index contributed by atoms with van der Waals surface area (Å²) in [5, 5.41) is 4.62. The molecule has 2 atom stereocenters. The fourth-order valence-corrected chi connectivity index (χ4v) is 6.97. The Hall–Kier alpha value is -2.79. The first-order valence-electron chi connectivity index (χ1n) is 14.9. The molecule has 0 spiro atoms. The molecule has 6 rings (SSSR count). The minimum absolute atomic E-state index is 0.249. The van der Waals surface area contributed by atoms with E-state index in [4.69, 9.17) is 27.9 Å². The number of rotatable bonds is 10. The number of fused-ring (bicyclic) bond motifs is 1. The van der Waals surface area contributed by atoms with Gasteiger partial charge in [0.2, 0.25) is 0 Å². The van der Waals surface area contributed by atoms with Crippen LogP contribution in [0.4, 0.5) is 0 Å². The lowest BCUT2D eigenvalue weighted by atomic mass is 9.93. The number of hydrogen-bond acceptors (Lipinski definition) is 3. The fourth-order valence-electron chi connectivity index (χ4n) is 6.46. The highest BCUT2D eigenvalue weighted by molar-refractivity contribution is 6.37. The number of carbonyl (C=O) groups excluding carboxylic acids is 1. The summed E-state index contributed by atoms with van der Waals surface area (Å²) in [5.41, 5.74) is 8.58. The molecule has 0 aromatic heterocycles. The fraction of sp³-hybridized carbons (Fsp3) is 0.400. The van der Waals surface area contributed by atoms with Crippen molar-refractivity contribution < 1.29 is 9.53 Å². The standard InChI is InChI=1S/C35H38Cl2N2O2/c1-22-6-3-8-26(23(22)2)21-39(28-15-16-28)35(40)33-29(18-27-19-38-20-30(27)33)25-13-11-24(12-14-25)7-5-17-41-34-31(36)9-4-10-32(34)37/h3-4,6,8-14,27-28,30,38H,5,7,15-21H2,1-2H3/t27-,30+/m0/s1. The van der Waals surface area contributed by atoms with Gasteiger partial charge in [0.1, 0.15) is 0 Å². The second-order valence-electron chi connectivity index (χ2n) is 11.8. The highest BCUT2D eigenvalue weighted by Crippen LogP contribution is 2.46. The topological polar surface area (TPSA) is 41.6 Å². The largest absolute Gasteiger partial charge is 0.490 e. The number of carbonyl (C=O) groups is 1. The lowest BCUT2D eigenvalue weighted by molar-refractivity contribution is -0.128. The third kappa shape index (κ3) is 6.07. The quantitative estimate of drug-likeness (QED) is 0.245. The molecule has 1 aliphatic heterocycles. The first kappa shape index (κ1) is 28.3. The van der Waals surface area contributed by atoms with Crippen molar-refractivity contribution in [2.24, 2.45) is 11.8 Å². The van der Waals surface area contributed by atoms with Crippen LogP contribution in [0.25, 0.3) is 5.57 Å². The molecular formula is C35H38Cl2N2O2. The minimum Gasteiger partial charge on any atom is -0.490 e. The van der Waals surface area contributed by atoms with E-state index in [0.29, 0.717) is 46.8 Å². The van der Waals surface area contributed by atoms with E-state index in [9.17, 15) is 4.79 Å². The van der Waals surface area contributed by atoms with Crippen LogP contribution in [-0.4, -0.2) is 36.5 Å². The van der Waals surface area contributed by atoms with E-state index in [1.165, 1.54) is 33.4 Å². The lowest BCUT2D eigenvalue weighted by Gasteiger charge is -2.27. The summed E-state index contributed by atoms with van der Waals surface area (Å²) in [6.07, 6.45) is 4.93. The van der Waals surface area contributed by atoms with Crippen LogP contribution in [0.5, 0.6) is 5.75 Å². The van der Waals surface area contributed by atoms with E-state index in [-0.39, 0.29) is 5.91 Å². The number of benzene rings is 3. The summed E-state index contributed by atoms with van der Waals surface area (Å²) < 4.78 is 5.86. The molecule has 0 bridgehead atoms. The Morgan fingerprint density at radius 1 is 0.976 bits per heavy atom. The van der Waals surface area contributed by atoms with Crippen molar-refractivity contribution in [2.75, 3.05) is 19.7 Å². The Morgan fingerprint density at radius 3 is 2.44 bits per heavy atom. The highest BCUT2D eigenvalue weighted by Gasteiger charge is 2.44. The van der Waals surface area contributed by atoms with Gasteiger partial charge in [-0.1, -0.05) is 71.7 Å². The molecule has 6 heteroatoms. The number of allylic oxidation sites excluding steroid dienone is 1. The maximum Gasteiger partial charge on any atom is 0.250 e. The van der Waals surface area contributed by atoms with Crippen LogP contribution >= 0.6 is 23.2 Å². The minimum atomic E-state index is 0.249. The van der Waals surface area contributed by atoms with Gasteiger partial charge in [-0.05, 0) is 104 Å². The van der Waals surface area contributed by atoms with Crippen LogP contribution in [0.2, 0.25) is 10.0 Å². The molecule has 1 saturated carbocycles. The molecule has 3 aromatic rings. The predicted molar refractivity (Wildman–Crippen MR) is 168 cm³/mol. The van der Waals surface area contributed by atoms with E-state index in [1.807, 2.05) is 6.07 Å². The van der Waals surface area contributed by atoms with E-state index in [2.05, 4.69) is 66.5 Å². The van der Waals surface area contributed by atoms with E-state index in [0.717, 1.165) is 50.8 Å². The first-order chi connectivity index (χ1) is 19.9. The van der Waals surface area contributed by atoms with Crippen LogP contribution in [0.3, 0.4) is 0 Å². The molecule has 1 saturated heterocycles. The SMILES string of the molecule is Cc1cccc(CN(C(=O)C2=C(c3ccc(CCCOc4c(Cl)cccc4Cl)cc3)C[C@H]3CNC[C@@H]23)C2CC2)c1C. The molecular weight excluding hydrogens is 551 g/mol. The molecule has 214 valence electrons. The molecule has 3 aliphatic rings. The van der Waals surface area contributed by atoms with Crippen molar-refractivity contribution in [2.45, 2.75) is 58.5 Å². The normalized spacial score (nSPS) is 19.9. The Balaban J connectivity index is 1.18. The zero-order valence-electron chi connectivity index (χ0n) is 23.9. The molecule has 3 aromatic carbocycles. The van der Waals surface area contributed by atoms with Gasteiger partial charge < -0.3 is 15.0 Å². The number of halogens is 2. The van der Waals surface area contributed by atoms with Gasteiger partial charge in [-0.25, -0.2) is 0 Å². The number of aryl methyl sites for hydroxylation is 2. The monoisotopic (exact) mass is 588 g/mol. The van der Waals surface area contributed by atoms with Crippen molar-refractivity contribution in [3.63, 3.8) is 0 Å². The summed E-state index contributed by atoms with van der Waals surface area (Å²) in [4.78, 5) is 16.5. The molecule has 0 unspecified atom stereocenters. The summed E-state index contributed by atoms with van der Waals surface area (Å²) in [6.45, 7) is 7.45. The maximum absolute atomic E-state index is 14.4. The van der Waals surface area contributed by atoms with Crippen molar-refractivity contribution in [3.05, 3.63) is 104 Å². The van der Waals surface area contributed by atoms with E-state index < -0.39 is 0 Å². The summed E-state index contributed by atoms with van der Waals surface area (Å²) in [7, 11) is 0. The van der Waals surface area contributed by atoms with Gasteiger partial charge in [-0.2, -0.15) is 0 Å². The third-order valence-electron chi connectivity index (χ3n) is 9.12. The van der Waals surface area contributed by atoms with Gasteiger partial charge in [-0.3, -0.25) is 4.79 Å². The molecule has 2 fully saturated rings. The summed E-state index contributed by atoms with van der Waals surface area (Å²) in [6, 6.07) is 21.0. The number of nitrogens with one attached hydrogen (secondary N) is 1. The zero-order chi connectivity index (χ0) is 28.5. The van der Waals surface area contributed by atoms with E-state index >= 15 is 0 Å². The average molecular weight is 590 g/mol. The maximum atomic E-state index is 14.4. The van der Waals surface area contributed by atoms with Crippen LogP contribution in [0, 0.1) is 25.7 Å². The average Bonchev–Trinajstić information content (AvgIpc) is 3.59.